The number of benzene rings is 1. The number of rotatable bonds is 5. The van der Waals surface area contributed by atoms with E-state index in [1.165, 1.54) is 48.9 Å². The predicted octanol–water partition coefficient (Wildman–Crippen LogP) is 4.30. The van der Waals surface area contributed by atoms with Crippen molar-refractivity contribution in [2.24, 2.45) is 0 Å². The maximum Gasteiger partial charge on any atom is 0.422 e. The van der Waals surface area contributed by atoms with Gasteiger partial charge in [0.1, 0.15) is 5.92 Å². The second-order valence-corrected chi connectivity index (χ2v) is 7.90. The first kappa shape index (κ1) is 21.0. The van der Waals surface area contributed by atoms with Gasteiger partial charge in [-0.25, -0.2) is 0 Å². The lowest BCUT2D eigenvalue weighted by atomic mass is 9.82. The number of hydrogen-bond acceptors (Lipinski definition) is 5. The van der Waals surface area contributed by atoms with Gasteiger partial charge in [0.2, 0.25) is 0 Å². The van der Waals surface area contributed by atoms with Crippen LogP contribution in [0.3, 0.4) is 0 Å². The number of halogens is 3. The van der Waals surface area contributed by atoms with Gasteiger partial charge in [-0.1, -0.05) is 6.07 Å². The van der Waals surface area contributed by atoms with E-state index in [1.807, 2.05) is 0 Å². The van der Waals surface area contributed by atoms with Crippen LogP contribution in [0.15, 0.2) is 52.8 Å². The fourth-order valence-electron chi connectivity index (χ4n) is 3.80. The fourth-order valence-corrected chi connectivity index (χ4v) is 4.66. The van der Waals surface area contributed by atoms with Crippen molar-refractivity contribution in [2.75, 3.05) is 13.7 Å². The molecule has 0 saturated heterocycles. The van der Waals surface area contributed by atoms with Crippen LogP contribution in [-0.4, -0.2) is 35.5 Å². The van der Waals surface area contributed by atoms with Gasteiger partial charge in [0.05, 0.1) is 18.8 Å². The molecule has 0 amide bonds. The summed E-state index contributed by atoms with van der Waals surface area (Å²) in [5.41, 5.74) is 0.787. The van der Waals surface area contributed by atoms with Gasteiger partial charge >= 0.3 is 12.1 Å². The molecule has 2 atom stereocenters. The Bertz CT molecular complexity index is 1190. The Morgan fingerprint density at radius 2 is 2.00 bits per heavy atom. The SMILES string of the molecule is COc1cc2c(cc1OCC(F)(F)F)C(C(=O)O)C(c1cccs1)n1ccc(=O)cc1-2. The first-order valence-corrected chi connectivity index (χ1v) is 9.98. The van der Waals surface area contributed by atoms with Crippen molar-refractivity contribution in [1.29, 1.82) is 0 Å². The number of aromatic nitrogens is 1. The third kappa shape index (κ3) is 3.90. The van der Waals surface area contributed by atoms with Gasteiger partial charge in [-0.3, -0.25) is 9.59 Å². The minimum absolute atomic E-state index is 0.00423. The molecular weight excluding hydrogens is 435 g/mol. The van der Waals surface area contributed by atoms with E-state index in [0.29, 0.717) is 11.3 Å². The first-order valence-electron chi connectivity index (χ1n) is 9.10. The number of fused-ring (bicyclic) bond motifs is 3. The molecule has 0 radical (unpaired) electrons. The molecule has 0 aliphatic carbocycles. The zero-order chi connectivity index (χ0) is 22.3. The van der Waals surface area contributed by atoms with Crippen LogP contribution in [0.2, 0.25) is 0 Å². The molecule has 4 rings (SSSR count). The molecule has 162 valence electrons. The van der Waals surface area contributed by atoms with Crippen molar-refractivity contribution < 1.29 is 32.5 Å². The summed E-state index contributed by atoms with van der Waals surface area (Å²) in [5, 5.41) is 11.9. The first-order chi connectivity index (χ1) is 14.7. The Balaban J connectivity index is 1.97. The van der Waals surface area contributed by atoms with Gasteiger partial charge in [-0.15, -0.1) is 11.3 Å². The lowest BCUT2D eigenvalue weighted by Gasteiger charge is -2.35. The molecule has 31 heavy (non-hydrogen) atoms. The van der Waals surface area contributed by atoms with Gasteiger partial charge < -0.3 is 19.1 Å². The number of nitrogens with zero attached hydrogens (tertiary/aromatic N) is 1. The molecule has 0 saturated carbocycles. The molecule has 3 heterocycles. The highest BCUT2D eigenvalue weighted by molar-refractivity contribution is 7.10. The molecule has 1 N–H and O–H groups in total. The van der Waals surface area contributed by atoms with Crippen molar-refractivity contribution >= 4 is 17.3 Å². The number of alkyl halides is 3. The van der Waals surface area contributed by atoms with Gasteiger partial charge in [-0.2, -0.15) is 13.2 Å². The predicted molar refractivity (Wildman–Crippen MR) is 107 cm³/mol. The molecule has 1 aromatic carbocycles. The van der Waals surface area contributed by atoms with E-state index < -0.39 is 30.7 Å². The Labute approximate surface area is 178 Å². The lowest BCUT2D eigenvalue weighted by Crippen LogP contribution is -2.31. The Morgan fingerprint density at radius 1 is 1.23 bits per heavy atom. The summed E-state index contributed by atoms with van der Waals surface area (Å²) in [5.74, 6) is -2.50. The molecule has 6 nitrogen and oxygen atoms in total. The van der Waals surface area contributed by atoms with Crippen LogP contribution in [0.5, 0.6) is 11.5 Å². The molecule has 10 heteroatoms. The van der Waals surface area contributed by atoms with Crippen LogP contribution in [-0.2, 0) is 4.79 Å². The zero-order valence-corrected chi connectivity index (χ0v) is 16.9. The highest BCUT2D eigenvalue weighted by Gasteiger charge is 2.40. The summed E-state index contributed by atoms with van der Waals surface area (Å²) in [6.45, 7) is -1.55. The number of carboxylic acid groups (broad SMARTS) is 1. The van der Waals surface area contributed by atoms with E-state index in [9.17, 15) is 27.9 Å². The second kappa shape index (κ2) is 7.77. The van der Waals surface area contributed by atoms with Crippen molar-refractivity contribution in [3.63, 3.8) is 0 Å². The summed E-state index contributed by atoms with van der Waals surface area (Å²) >= 11 is 1.35. The number of aliphatic carboxylic acids is 1. The van der Waals surface area contributed by atoms with Crippen LogP contribution in [0, 0.1) is 0 Å². The second-order valence-electron chi connectivity index (χ2n) is 6.93. The highest BCUT2D eigenvalue weighted by atomic mass is 32.1. The summed E-state index contributed by atoms with van der Waals surface area (Å²) in [6, 6.07) is 8.25. The summed E-state index contributed by atoms with van der Waals surface area (Å²) in [4.78, 5) is 25.2. The van der Waals surface area contributed by atoms with E-state index >= 15 is 0 Å². The number of thiophene rings is 1. The summed E-state index contributed by atoms with van der Waals surface area (Å²) < 4.78 is 49.9. The molecule has 0 spiro atoms. The maximum atomic E-state index is 12.7. The maximum absolute atomic E-state index is 12.7. The molecular formula is C21H16F3NO5S. The van der Waals surface area contributed by atoms with Crippen molar-refractivity contribution in [2.45, 2.75) is 18.1 Å². The number of hydrogen-bond donors (Lipinski definition) is 1. The minimum atomic E-state index is -4.58. The average Bonchev–Trinajstić information content (AvgIpc) is 3.24. The van der Waals surface area contributed by atoms with Crippen LogP contribution in [0.4, 0.5) is 13.2 Å². The molecule has 1 aliphatic rings. The fraction of sp³-hybridized carbons (Fsp3) is 0.238. The highest BCUT2D eigenvalue weighted by Crippen LogP contribution is 2.49. The van der Waals surface area contributed by atoms with Crippen molar-refractivity contribution in [3.8, 4) is 22.8 Å². The van der Waals surface area contributed by atoms with Crippen molar-refractivity contribution in [1.82, 2.24) is 4.57 Å². The molecule has 0 bridgehead atoms. The standard InChI is InChI=1S/C21H16F3NO5S/c1-29-15-8-12-13(9-16(15)30-10-21(22,23)24)18(20(27)28)19(17-3-2-6-31-17)25-5-4-11(26)7-14(12)25/h2-9,18-19H,10H2,1H3,(H,27,28). The van der Waals surface area contributed by atoms with Gasteiger partial charge in [0.25, 0.3) is 0 Å². The van der Waals surface area contributed by atoms with Crippen LogP contribution < -0.4 is 14.9 Å². The smallest absolute Gasteiger partial charge is 0.422 e. The van der Waals surface area contributed by atoms with E-state index in [4.69, 9.17) is 9.47 Å². The normalized spacial score (nSPS) is 17.5. The molecule has 1 aliphatic heterocycles. The summed E-state index contributed by atoms with van der Waals surface area (Å²) in [7, 11) is 1.27. The Morgan fingerprint density at radius 3 is 2.61 bits per heavy atom. The summed E-state index contributed by atoms with van der Waals surface area (Å²) in [6.07, 6.45) is -3.05. The monoisotopic (exact) mass is 451 g/mol. The largest absolute Gasteiger partial charge is 0.493 e. The van der Waals surface area contributed by atoms with Crippen LogP contribution in [0.1, 0.15) is 22.4 Å². The Hall–Kier alpha value is -3.27. The van der Waals surface area contributed by atoms with E-state index in [2.05, 4.69) is 0 Å². The molecule has 0 fully saturated rings. The van der Waals surface area contributed by atoms with E-state index in [-0.39, 0.29) is 22.5 Å². The lowest BCUT2D eigenvalue weighted by molar-refractivity contribution is -0.153. The third-order valence-corrected chi connectivity index (χ3v) is 5.95. The van der Waals surface area contributed by atoms with Gasteiger partial charge in [0, 0.05) is 28.8 Å². The topological polar surface area (TPSA) is 77.8 Å². The number of ether oxygens (including phenoxy) is 2. The van der Waals surface area contributed by atoms with E-state index in [1.54, 1.807) is 22.1 Å². The third-order valence-electron chi connectivity index (χ3n) is 5.01. The van der Waals surface area contributed by atoms with Gasteiger partial charge in [-0.05, 0) is 29.1 Å². The molecule has 3 aromatic rings. The van der Waals surface area contributed by atoms with E-state index in [0.717, 1.165) is 4.88 Å². The Kier molecular flexibility index (Phi) is 5.26. The zero-order valence-electron chi connectivity index (χ0n) is 16.1. The van der Waals surface area contributed by atoms with Crippen LogP contribution >= 0.6 is 11.3 Å². The molecule has 2 unspecified atom stereocenters. The average molecular weight is 451 g/mol. The number of methoxy groups -OCH3 is 1. The minimum Gasteiger partial charge on any atom is -0.493 e. The molecule has 2 aromatic heterocycles. The van der Waals surface area contributed by atoms with Gasteiger partial charge in [0.15, 0.2) is 23.5 Å². The van der Waals surface area contributed by atoms with Crippen molar-refractivity contribution in [3.05, 3.63) is 68.6 Å². The quantitative estimate of drug-likeness (QED) is 0.626. The number of carbonyl (C=O) groups is 1. The van der Waals surface area contributed by atoms with Crippen LogP contribution in [0.25, 0.3) is 11.3 Å². The number of pyridine rings is 1. The number of carboxylic acids is 1.